The van der Waals surface area contributed by atoms with Crippen LogP contribution in [0, 0.1) is 0 Å². The van der Waals surface area contributed by atoms with Gasteiger partial charge >= 0.3 is 0 Å². The summed E-state index contributed by atoms with van der Waals surface area (Å²) < 4.78 is 11.5. The van der Waals surface area contributed by atoms with Crippen molar-refractivity contribution < 1.29 is 14.3 Å². The van der Waals surface area contributed by atoms with Gasteiger partial charge in [0.15, 0.2) is 5.75 Å². The molecular weight excluding hydrogens is 344 g/mol. The van der Waals surface area contributed by atoms with Crippen molar-refractivity contribution in [3.05, 3.63) is 42.2 Å². The van der Waals surface area contributed by atoms with Gasteiger partial charge in [0, 0.05) is 6.92 Å². The molecule has 1 aliphatic heterocycles. The Morgan fingerprint density at radius 3 is 2.30 bits per heavy atom. The van der Waals surface area contributed by atoms with Crippen LogP contribution < -0.4 is 19.7 Å². The van der Waals surface area contributed by atoms with Gasteiger partial charge in [0.1, 0.15) is 11.9 Å². The number of rotatable bonds is 7. The highest BCUT2D eigenvalue weighted by Crippen LogP contribution is 2.24. The molecule has 1 atom stereocenters. The van der Waals surface area contributed by atoms with Gasteiger partial charge in [0.05, 0.1) is 37.6 Å². The maximum Gasteiger partial charge on any atom is 0.225 e. The number of nitrogens with one attached hydrogen (secondary N) is 1. The molecule has 0 radical (unpaired) electrons. The summed E-state index contributed by atoms with van der Waals surface area (Å²) in [7, 11) is 0. The summed E-state index contributed by atoms with van der Waals surface area (Å²) in [6.07, 6.45) is 3.62. The number of carbonyl (C=O) groups excluding carboxylic acids is 1. The van der Waals surface area contributed by atoms with Gasteiger partial charge in [-0.2, -0.15) is 0 Å². The van der Waals surface area contributed by atoms with E-state index in [1.54, 1.807) is 12.4 Å². The van der Waals surface area contributed by atoms with Crippen LogP contribution in [0.2, 0.25) is 0 Å². The van der Waals surface area contributed by atoms with E-state index in [2.05, 4.69) is 20.2 Å². The van der Waals surface area contributed by atoms with Gasteiger partial charge in [0.2, 0.25) is 11.9 Å². The van der Waals surface area contributed by atoms with Crippen molar-refractivity contribution in [2.75, 3.05) is 18.0 Å². The van der Waals surface area contributed by atoms with Gasteiger partial charge in [-0.3, -0.25) is 4.79 Å². The predicted molar refractivity (Wildman–Crippen MR) is 103 cm³/mol. The van der Waals surface area contributed by atoms with Gasteiger partial charge in [-0.1, -0.05) is 12.1 Å². The molecule has 3 rings (SSSR count). The number of hydrogen-bond donors (Lipinski definition) is 1. The third-order valence-corrected chi connectivity index (χ3v) is 4.22. The molecular formula is C20H26N4O3. The molecule has 0 bridgehead atoms. The number of carbonyl (C=O) groups is 1. The van der Waals surface area contributed by atoms with Gasteiger partial charge in [-0.25, -0.2) is 9.97 Å². The largest absolute Gasteiger partial charge is 0.488 e. The first-order valence-electron chi connectivity index (χ1n) is 9.18. The number of nitrogens with zero attached hydrogens (tertiary/aromatic N) is 3. The Bertz CT molecular complexity index is 756. The second kappa shape index (κ2) is 8.24. The molecule has 1 fully saturated rings. The second-order valence-electron chi connectivity index (χ2n) is 7.02. The average Bonchev–Trinajstić information content (AvgIpc) is 2.58. The van der Waals surface area contributed by atoms with Crippen LogP contribution in [0.25, 0.3) is 0 Å². The number of ether oxygens (including phenoxy) is 2. The maximum absolute atomic E-state index is 11.1. The third-order valence-electron chi connectivity index (χ3n) is 4.22. The molecule has 7 heteroatoms. The molecule has 1 saturated heterocycles. The fraction of sp³-hybridized carbons (Fsp3) is 0.450. The lowest BCUT2D eigenvalue weighted by atomic mass is 10.1. The molecule has 1 aliphatic rings. The average molecular weight is 370 g/mol. The van der Waals surface area contributed by atoms with Crippen molar-refractivity contribution in [3.63, 3.8) is 0 Å². The molecule has 7 nitrogen and oxygen atoms in total. The molecule has 27 heavy (non-hydrogen) atoms. The summed E-state index contributed by atoms with van der Waals surface area (Å²) in [5, 5.41) is 2.87. The lowest BCUT2D eigenvalue weighted by molar-refractivity contribution is -0.119. The van der Waals surface area contributed by atoms with E-state index in [4.69, 9.17) is 9.47 Å². The fourth-order valence-corrected chi connectivity index (χ4v) is 2.90. The van der Waals surface area contributed by atoms with Gasteiger partial charge < -0.3 is 19.7 Å². The first-order chi connectivity index (χ1) is 12.9. The van der Waals surface area contributed by atoms with Crippen LogP contribution in [0.15, 0.2) is 36.7 Å². The lowest BCUT2D eigenvalue weighted by Crippen LogP contribution is -2.54. The SMILES string of the molecule is CC(=O)NC(C)c1ccc(OC2CN(c3ncc(OC(C)C)cn3)C2)cc1. The van der Waals surface area contributed by atoms with Crippen molar-refractivity contribution in [1.29, 1.82) is 0 Å². The molecule has 1 N–H and O–H groups in total. The zero-order valence-corrected chi connectivity index (χ0v) is 16.2. The minimum absolute atomic E-state index is 0.0180. The zero-order chi connectivity index (χ0) is 19.4. The summed E-state index contributed by atoms with van der Waals surface area (Å²) in [6, 6.07) is 7.80. The zero-order valence-electron chi connectivity index (χ0n) is 16.2. The summed E-state index contributed by atoms with van der Waals surface area (Å²) in [6.45, 7) is 8.91. The highest BCUT2D eigenvalue weighted by molar-refractivity contribution is 5.73. The van der Waals surface area contributed by atoms with Crippen molar-refractivity contribution in [3.8, 4) is 11.5 Å². The quantitative estimate of drug-likeness (QED) is 0.808. The van der Waals surface area contributed by atoms with Crippen molar-refractivity contribution in [2.45, 2.75) is 45.9 Å². The smallest absolute Gasteiger partial charge is 0.225 e. The van der Waals surface area contributed by atoms with E-state index < -0.39 is 0 Å². The highest BCUT2D eigenvalue weighted by atomic mass is 16.5. The van der Waals surface area contributed by atoms with Crippen molar-refractivity contribution in [1.82, 2.24) is 15.3 Å². The number of benzene rings is 1. The molecule has 0 saturated carbocycles. The molecule has 2 heterocycles. The van der Waals surface area contributed by atoms with Crippen LogP contribution in [-0.2, 0) is 4.79 Å². The van der Waals surface area contributed by atoms with Gasteiger partial charge in [0.25, 0.3) is 0 Å². The van der Waals surface area contributed by atoms with Crippen LogP contribution in [0.4, 0.5) is 5.95 Å². The third kappa shape index (κ3) is 5.09. The van der Waals surface area contributed by atoms with E-state index in [1.165, 1.54) is 6.92 Å². The minimum Gasteiger partial charge on any atom is -0.488 e. The Morgan fingerprint density at radius 2 is 1.74 bits per heavy atom. The molecule has 144 valence electrons. The van der Waals surface area contributed by atoms with E-state index in [0.29, 0.717) is 11.7 Å². The summed E-state index contributed by atoms with van der Waals surface area (Å²) in [5.74, 6) is 2.14. The predicted octanol–water partition coefficient (Wildman–Crippen LogP) is 2.73. The maximum atomic E-state index is 11.1. The van der Waals surface area contributed by atoms with Crippen molar-refractivity contribution in [2.24, 2.45) is 0 Å². The van der Waals surface area contributed by atoms with Crippen LogP contribution >= 0.6 is 0 Å². The Labute approximate surface area is 159 Å². The van der Waals surface area contributed by atoms with Crippen LogP contribution in [0.5, 0.6) is 11.5 Å². The molecule has 1 unspecified atom stereocenters. The fourth-order valence-electron chi connectivity index (χ4n) is 2.90. The van der Waals surface area contributed by atoms with E-state index in [1.807, 2.05) is 45.0 Å². The first kappa shape index (κ1) is 18.9. The molecule has 1 aromatic carbocycles. The lowest BCUT2D eigenvalue weighted by Gasteiger charge is -2.38. The molecule has 1 amide bonds. The summed E-state index contributed by atoms with van der Waals surface area (Å²) >= 11 is 0. The standard InChI is InChI=1S/C20H26N4O3/c1-13(2)26-18-9-21-20(22-10-18)24-11-19(12-24)27-17-7-5-16(6-8-17)14(3)23-15(4)25/h5-10,13-14,19H,11-12H2,1-4H3,(H,23,25). The Kier molecular flexibility index (Phi) is 5.78. The van der Waals surface area contributed by atoms with Crippen molar-refractivity contribution >= 4 is 11.9 Å². The second-order valence-corrected chi connectivity index (χ2v) is 7.02. The number of aromatic nitrogens is 2. The molecule has 2 aromatic rings. The number of hydrogen-bond acceptors (Lipinski definition) is 6. The van der Waals surface area contributed by atoms with Gasteiger partial charge in [-0.05, 0) is 38.5 Å². The normalized spacial score (nSPS) is 15.2. The minimum atomic E-state index is -0.0385. The number of amides is 1. The van der Waals surface area contributed by atoms with Gasteiger partial charge in [-0.15, -0.1) is 0 Å². The topological polar surface area (TPSA) is 76.6 Å². The van der Waals surface area contributed by atoms with E-state index in [0.717, 1.165) is 24.4 Å². The Morgan fingerprint density at radius 1 is 1.11 bits per heavy atom. The van der Waals surface area contributed by atoms with E-state index in [9.17, 15) is 4.79 Å². The van der Waals surface area contributed by atoms with Crippen LogP contribution in [0.3, 0.4) is 0 Å². The van der Waals surface area contributed by atoms with Crippen LogP contribution in [-0.4, -0.2) is 41.2 Å². The molecule has 0 spiro atoms. The first-order valence-corrected chi connectivity index (χ1v) is 9.18. The molecule has 0 aliphatic carbocycles. The summed E-state index contributed by atoms with van der Waals surface area (Å²) in [5.41, 5.74) is 1.05. The van der Waals surface area contributed by atoms with Crippen LogP contribution in [0.1, 0.15) is 39.3 Å². The Hall–Kier alpha value is -2.83. The van der Waals surface area contributed by atoms with E-state index in [-0.39, 0.29) is 24.2 Å². The molecule has 1 aromatic heterocycles. The highest BCUT2D eigenvalue weighted by Gasteiger charge is 2.30. The number of anilines is 1. The van der Waals surface area contributed by atoms with E-state index >= 15 is 0 Å². The Balaban J connectivity index is 1.48. The summed E-state index contributed by atoms with van der Waals surface area (Å²) in [4.78, 5) is 21.9. The monoisotopic (exact) mass is 370 g/mol.